The molecule has 0 aromatic heterocycles. The fourth-order valence-corrected chi connectivity index (χ4v) is 2.80. The van der Waals surface area contributed by atoms with Crippen LogP contribution in [0.4, 0.5) is 5.69 Å². The Balaban J connectivity index is 2.56. The van der Waals surface area contributed by atoms with Crippen LogP contribution in [0, 0.1) is 0 Å². The predicted molar refractivity (Wildman–Crippen MR) is 65.0 cm³/mol. The van der Waals surface area contributed by atoms with Gasteiger partial charge in [-0.1, -0.05) is 11.6 Å². The summed E-state index contributed by atoms with van der Waals surface area (Å²) in [5, 5.41) is 0.756. The third-order valence-corrected chi connectivity index (χ3v) is 3.87. The Morgan fingerprint density at radius 2 is 2.15 bits per heavy atom. The zero-order chi connectivity index (χ0) is 9.68. The van der Waals surface area contributed by atoms with Crippen LogP contribution in [0.2, 0.25) is 5.02 Å². The van der Waals surface area contributed by atoms with Gasteiger partial charge < -0.3 is 5.73 Å². The van der Waals surface area contributed by atoms with Gasteiger partial charge >= 0.3 is 0 Å². The Bertz CT molecular complexity index is 278. The van der Waals surface area contributed by atoms with Crippen molar-refractivity contribution in [3.05, 3.63) is 23.2 Å². The predicted octanol–water partition coefficient (Wildman–Crippen LogP) is 3.38. The van der Waals surface area contributed by atoms with Gasteiger partial charge in [0.15, 0.2) is 0 Å². The van der Waals surface area contributed by atoms with Crippen molar-refractivity contribution in [3.63, 3.8) is 0 Å². The Morgan fingerprint density at radius 3 is 2.77 bits per heavy atom. The lowest BCUT2D eigenvalue weighted by Crippen LogP contribution is -1.86. The molecule has 0 atom stereocenters. The summed E-state index contributed by atoms with van der Waals surface area (Å²) < 4.78 is 0. The van der Waals surface area contributed by atoms with Crippen LogP contribution in [0.15, 0.2) is 23.1 Å². The van der Waals surface area contributed by atoms with E-state index in [9.17, 15) is 0 Å². The van der Waals surface area contributed by atoms with Gasteiger partial charge in [0.05, 0.1) is 5.02 Å². The minimum absolute atomic E-state index is 0.721. The van der Waals surface area contributed by atoms with E-state index in [1.54, 1.807) is 17.8 Å². The molecule has 0 aliphatic carbocycles. The molecule has 0 fully saturated rings. The highest BCUT2D eigenvalue weighted by atomic mass is 35.5. The summed E-state index contributed by atoms with van der Waals surface area (Å²) in [5.41, 5.74) is 6.31. The number of benzene rings is 1. The van der Waals surface area contributed by atoms with Crippen molar-refractivity contribution in [1.82, 2.24) is 0 Å². The molecule has 0 aliphatic heterocycles. The van der Waals surface area contributed by atoms with Crippen LogP contribution in [-0.4, -0.2) is 17.8 Å². The van der Waals surface area contributed by atoms with Gasteiger partial charge in [0.1, 0.15) is 0 Å². The molecule has 72 valence electrons. The maximum absolute atomic E-state index is 6.00. The number of nitrogens with two attached hydrogens (primary N) is 1. The molecule has 1 aromatic carbocycles. The highest BCUT2D eigenvalue weighted by molar-refractivity contribution is 8.02. The highest BCUT2D eigenvalue weighted by Crippen LogP contribution is 2.28. The first-order chi connectivity index (χ1) is 6.24. The van der Waals surface area contributed by atoms with Gasteiger partial charge in [0, 0.05) is 22.1 Å². The SMILES string of the molecule is CSCCSc1ccc(N)cc1Cl. The van der Waals surface area contributed by atoms with Crippen molar-refractivity contribution in [1.29, 1.82) is 0 Å². The van der Waals surface area contributed by atoms with Crippen LogP contribution in [-0.2, 0) is 0 Å². The molecular weight excluding hydrogens is 222 g/mol. The summed E-state index contributed by atoms with van der Waals surface area (Å²) in [6.45, 7) is 0. The Kier molecular flexibility index (Phi) is 4.84. The van der Waals surface area contributed by atoms with Crippen LogP contribution in [0.1, 0.15) is 0 Å². The van der Waals surface area contributed by atoms with E-state index < -0.39 is 0 Å². The van der Waals surface area contributed by atoms with Crippen LogP contribution in [0.3, 0.4) is 0 Å². The van der Waals surface area contributed by atoms with Gasteiger partial charge in [-0.2, -0.15) is 11.8 Å². The minimum Gasteiger partial charge on any atom is -0.399 e. The third-order valence-electron chi connectivity index (χ3n) is 1.50. The van der Waals surface area contributed by atoms with E-state index in [0.29, 0.717) is 0 Å². The fraction of sp³-hybridized carbons (Fsp3) is 0.333. The minimum atomic E-state index is 0.721. The molecule has 13 heavy (non-hydrogen) atoms. The topological polar surface area (TPSA) is 26.0 Å². The number of hydrogen-bond donors (Lipinski definition) is 1. The zero-order valence-corrected chi connectivity index (χ0v) is 9.81. The fourth-order valence-electron chi connectivity index (χ4n) is 0.869. The normalized spacial score (nSPS) is 10.3. The number of nitrogen functional groups attached to an aromatic ring is 1. The molecule has 0 saturated carbocycles. The Labute approximate surface area is 92.4 Å². The average molecular weight is 234 g/mol. The molecular formula is C9H12ClNS2. The van der Waals surface area contributed by atoms with Gasteiger partial charge in [-0.3, -0.25) is 0 Å². The van der Waals surface area contributed by atoms with Crippen molar-refractivity contribution in [2.75, 3.05) is 23.5 Å². The molecule has 0 bridgehead atoms. The van der Waals surface area contributed by atoms with E-state index in [2.05, 4.69) is 6.26 Å². The van der Waals surface area contributed by atoms with E-state index in [4.69, 9.17) is 17.3 Å². The molecule has 2 N–H and O–H groups in total. The standard InChI is InChI=1S/C9H12ClNS2/c1-12-4-5-13-9-3-2-7(11)6-8(9)10/h2-3,6H,4-5,11H2,1H3. The Hall–Kier alpha value is 0.01000. The quantitative estimate of drug-likeness (QED) is 0.491. The van der Waals surface area contributed by atoms with Crippen LogP contribution in [0.25, 0.3) is 0 Å². The molecule has 1 aromatic rings. The lowest BCUT2D eigenvalue weighted by molar-refractivity contribution is 1.44. The Morgan fingerprint density at radius 1 is 1.38 bits per heavy atom. The van der Waals surface area contributed by atoms with E-state index in [1.165, 1.54) is 0 Å². The van der Waals surface area contributed by atoms with E-state index >= 15 is 0 Å². The summed E-state index contributed by atoms with van der Waals surface area (Å²) in [7, 11) is 0. The van der Waals surface area contributed by atoms with Crippen molar-refractivity contribution in [3.8, 4) is 0 Å². The molecule has 0 aliphatic rings. The zero-order valence-electron chi connectivity index (χ0n) is 7.42. The average Bonchev–Trinajstić information content (AvgIpc) is 2.09. The van der Waals surface area contributed by atoms with Crippen LogP contribution < -0.4 is 5.73 Å². The van der Waals surface area contributed by atoms with Gasteiger partial charge in [-0.15, -0.1) is 11.8 Å². The van der Waals surface area contributed by atoms with Gasteiger partial charge in [-0.05, 0) is 24.5 Å². The summed E-state index contributed by atoms with van der Waals surface area (Å²) >= 11 is 9.61. The summed E-state index contributed by atoms with van der Waals surface area (Å²) in [5.74, 6) is 2.23. The number of halogens is 1. The van der Waals surface area contributed by atoms with Crippen molar-refractivity contribution in [2.45, 2.75) is 4.90 Å². The number of thioether (sulfide) groups is 2. The first-order valence-corrected chi connectivity index (χ1v) is 6.66. The van der Waals surface area contributed by atoms with Crippen molar-refractivity contribution >= 4 is 40.8 Å². The molecule has 0 radical (unpaired) electrons. The molecule has 0 heterocycles. The van der Waals surface area contributed by atoms with E-state index in [-0.39, 0.29) is 0 Å². The van der Waals surface area contributed by atoms with Gasteiger partial charge in [-0.25, -0.2) is 0 Å². The summed E-state index contributed by atoms with van der Waals surface area (Å²) in [4.78, 5) is 1.12. The first kappa shape index (κ1) is 11.1. The number of hydrogen-bond acceptors (Lipinski definition) is 3. The van der Waals surface area contributed by atoms with Crippen molar-refractivity contribution < 1.29 is 0 Å². The van der Waals surface area contributed by atoms with Crippen molar-refractivity contribution in [2.24, 2.45) is 0 Å². The lowest BCUT2D eigenvalue weighted by atomic mass is 10.3. The second-order valence-electron chi connectivity index (χ2n) is 2.53. The smallest absolute Gasteiger partial charge is 0.0562 e. The van der Waals surface area contributed by atoms with E-state index in [1.807, 2.05) is 23.9 Å². The number of rotatable bonds is 4. The van der Waals surface area contributed by atoms with Gasteiger partial charge in [0.2, 0.25) is 0 Å². The van der Waals surface area contributed by atoms with Gasteiger partial charge in [0.25, 0.3) is 0 Å². The molecule has 0 saturated heterocycles. The maximum atomic E-state index is 6.00. The molecule has 0 spiro atoms. The van der Waals surface area contributed by atoms with Crippen LogP contribution in [0.5, 0.6) is 0 Å². The summed E-state index contributed by atoms with van der Waals surface area (Å²) in [6.07, 6.45) is 2.10. The first-order valence-electron chi connectivity index (χ1n) is 3.91. The molecule has 1 nitrogen and oxygen atoms in total. The monoisotopic (exact) mass is 233 g/mol. The third kappa shape index (κ3) is 3.71. The summed E-state index contributed by atoms with van der Waals surface area (Å²) in [6, 6.07) is 5.65. The maximum Gasteiger partial charge on any atom is 0.0562 e. The largest absolute Gasteiger partial charge is 0.399 e. The molecule has 0 unspecified atom stereocenters. The lowest BCUT2D eigenvalue weighted by Gasteiger charge is -2.03. The number of anilines is 1. The molecule has 4 heteroatoms. The molecule has 0 amide bonds. The van der Waals surface area contributed by atoms with E-state index in [0.717, 1.165) is 27.1 Å². The second kappa shape index (κ2) is 5.68. The second-order valence-corrected chi connectivity index (χ2v) is 5.06. The highest BCUT2D eigenvalue weighted by Gasteiger charge is 2.00. The van der Waals surface area contributed by atoms with Crippen LogP contribution >= 0.6 is 35.1 Å². The molecule has 1 rings (SSSR count).